The van der Waals surface area contributed by atoms with Crippen LogP contribution >= 0.6 is 24.0 Å². The molecule has 3 rings (SSSR count). The van der Waals surface area contributed by atoms with Crippen molar-refractivity contribution in [2.24, 2.45) is 5.92 Å². The Hall–Kier alpha value is -1.85. The second kappa shape index (κ2) is 16.5. The zero-order valence-electron chi connectivity index (χ0n) is 26.7. The third kappa shape index (κ3) is 9.33. The van der Waals surface area contributed by atoms with Crippen molar-refractivity contribution in [3.8, 4) is 0 Å². The molecule has 1 amide bonds. The zero-order chi connectivity index (χ0) is 31.6. The zero-order valence-corrected chi connectivity index (χ0v) is 29.3. The monoisotopic (exact) mass is 643 g/mol. The van der Waals surface area contributed by atoms with Gasteiger partial charge in [-0.25, -0.2) is 0 Å². The van der Waals surface area contributed by atoms with Crippen molar-refractivity contribution in [3.63, 3.8) is 0 Å². The molecule has 1 fully saturated rings. The highest BCUT2D eigenvalue weighted by Crippen LogP contribution is 2.38. The second-order valence-corrected chi connectivity index (χ2v) is 18.5. The average Bonchev–Trinajstić information content (AvgIpc) is 3.37. The molecule has 0 aliphatic carbocycles. The van der Waals surface area contributed by atoms with E-state index in [1.807, 2.05) is 18.2 Å². The van der Waals surface area contributed by atoms with Gasteiger partial charge in [0.05, 0.1) is 18.6 Å². The topological polar surface area (TPSA) is 68.2 Å². The van der Waals surface area contributed by atoms with Gasteiger partial charge >= 0.3 is 0 Å². The van der Waals surface area contributed by atoms with Gasteiger partial charge in [0.1, 0.15) is 11.1 Å². The number of carbonyl (C=O) groups is 1. The van der Waals surface area contributed by atoms with Gasteiger partial charge in [-0.1, -0.05) is 131 Å². The standard InChI is InChI=1S/C34H49NO5S2Si/c1-25(2)31-23-42-33(41)35(31)32(37)22-27(36)19-21-28(39-24-38-7)20-18-26(3)40-43(34(4,5)6,29-14-10-8-11-15-29)30-16-12-9-13-17-30/h8-17,19,21,25-28,31,36H,18,20,22-24H2,1-7H3/b21-19+/t26-,27+,28+,31-/m1/s1. The maximum Gasteiger partial charge on any atom is 0.261 e. The molecule has 2 aromatic rings. The number of ether oxygens (including phenoxy) is 2. The molecule has 236 valence electrons. The Kier molecular flexibility index (Phi) is 13.6. The van der Waals surface area contributed by atoms with Crippen LogP contribution in [0.4, 0.5) is 0 Å². The first-order chi connectivity index (χ1) is 20.4. The first-order valence-electron chi connectivity index (χ1n) is 15.1. The number of aliphatic hydroxyl groups excluding tert-OH is 1. The van der Waals surface area contributed by atoms with Gasteiger partial charge in [0.2, 0.25) is 5.91 Å². The predicted molar refractivity (Wildman–Crippen MR) is 184 cm³/mol. The summed E-state index contributed by atoms with van der Waals surface area (Å²) in [6.45, 7) is 13.3. The molecular formula is C34H49NO5S2Si. The first kappa shape index (κ1) is 35.6. The fraction of sp³-hybridized carbons (Fsp3) is 0.529. The van der Waals surface area contributed by atoms with E-state index in [1.165, 1.54) is 22.1 Å². The lowest BCUT2D eigenvalue weighted by Gasteiger charge is -2.44. The van der Waals surface area contributed by atoms with Crippen molar-refractivity contribution < 1.29 is 23.8 Å². The van der Waals surface area contributed by atoms with Crippen molar-refractivity contribution in [1.82, 2.24) is 4.90 Å². The van der Waals surface area contributed by atoms with Crippen LogP contribution < -0.4 is 10.4 Å². The summed E-state index contributed by atoms with van der Waals surface area (Å²) in [6.07, 6.45) is 3.59. The molecule has 1 heterocycles. The molecule has 0 radical (unpaired) electrons. The van der Waals surface area contributed by atoms with E-state index in [9.17, 15) is 9.90 Å². The molecule has 1 N–H and O–H groups in total. The Balaban J connectivity index is 1.72. The van der Waals surface area contributed by atoms with E-state index in [2.05, 4.69) is 90.1 Å². The molecule has 0 bridgehead atoms. The van der Waals surface area contributed by atoms with Gasteiger partial charge in [-0.05, 0) is 41.1 Å². The molecule has 0 unspecified atom stereocenters. The van der Waals surface area contributed by atoms with Gasteiger partial charge in [-0.3, -0.25) is 9.69 Å². The van der Waals surface area contributed by atoms with Gasteiger partial charge in [-0.15, -0.1) is 0 Å². The lowest BCUT2D eigenvalue weighted by Crippen LogP contribution is -2.67. The van der Waals surface area contributed by atoms with Crippen molar-refractivity contribution in [3.05, 3.63) is 72.8 Å². The smallest absolute Gasteiger partial charge is 0.261 e. The van der Waals surface area contributed by atoms with Gasteiger partial charge in [0.25, 0.3) is 8.32 Å². The number of amides is 1. The fourth-order valence-electron chi connectivity index (χ4n) is 5.65. The van der Waals surface area contributed by atoms with Crippen LogP contribution in [0.25, 0.3) is 0 Å². The van der Waals surface area contributed by atoms with E-state index >= 15 is 0 Å². The maximum atomic E-state index is 13.0. The number of hydrogen-bond donors (Lipinski definition) is 1. The minimum atomic E-state index is -2.68. The van der Waals surface area contributed by atoms with Crippen molar-refractivity contribution in [2.75, 3.05) is 19.7 Å². The van der Waals surface area contributed by atoms with Crippen LogP contribution in [-0.4, -0.2) is 72.6 Å². The first-order valence-corrected chi connectivity index (χ1v) is 18.5. The summed E-state index contributed by atoms with van der Waals surface area (Å²) < 4.78 is 18.9. The quantitative estimate of drug-likeness (QED) is 0.112. The van der Waals surface area contributed by atoms with E-state index in [4.69, 9.17) is 26.1 Å². The van der Waals surface area contributed by atoms with Crippen LogP contribution in [0, 0.1) is 5.92 Å². The molecule has 1 aliphatic rings. The van der Waals surface area contributed by atoms with E-state index < -0.39 is 14.4 Å². The van der Waals surface area contributed by atoms with Crippen LogP contribution in [0.15, 0.2) is 72.8 Å². The molecule has 1 aliphatic heterocycles. The number of carbonyl (C=O) groups excluding carboxylic acids is 1. The third-order valence-corrected chi connectivity index (χ3v) is 14.6. The summed E-state index contributed by atoms with van der Waals surface area (Å²) in [7, 11) is -1.09. The van der Waals surface area contributed by atoms with Crippen LogP contribution in [0.2, 0.25) is 5.04 Å². The maximum absolute atomic E-state index is 13.0. The predicted octanol–water partition coefficient (Wildman–Crippen LogP) is 5.91. The largest absolute Gasteiger partial charge is 0.405 e. The number of thioether (sulfide) groups is 1. The highest BCUT2D eigenvalue weighted by Gasteiger charge is 2.51. The molecular weight excluding hydrogens is 595 g/mol. The summed E-state index contributed by atoms with van der Waals surface area (Å²) in [4.78, 5) is 14.7. The van der Waals surface area contributed by atoms with Gasteiger partial charge in [0, 0.05) is 25.0 Å². The van der Waals surface area contributed by atoms with Crippen LogP contribution in [0.5, 0.6) is 0 Å². The molecule has 6 nitrogen and oxygen atoms in total. The lowest BCUT2D eigenvalue weighted by molar-refractivity contribution is -0.130. The van der Waals surface area contributed by atoms with Gasteiger partial charge < -0.3 is 19.0 Å². The number of aliphatic hydroxyl groups is 1. The Morgan fingerprint density at radius 3 is 2.14 bits per heavy atom. The number of methoxy groups -OCH3 is 1. The Labute approximate surface area is 269 Å². The number of rotatable bonds is 15. The van der Waals surface area contributed by atoms with Crippen LogP contribution in [-0.2, 0) is 18.7 Å². The molecule has 0 saturated carbocycles. The molecule has 1 saturated heterocycles. The lowest BCUT2D eigenvalue weighted by atomic mass is 10.0. The second-order valence-electron chi connectivity index (χ2n) is 12.6. The minimum absolute atomic E-state index is 0.0230. The fourth-order valence-corrected chi connectivity index (χ4v) is 12.1. The highest BCUT2D eigenvalue weighted by atomic mass is 32.2. The summed E-state index contributed by atoms with van der Waals surface area (Å²) in [5, 5.41) is 13.1. The van der Waals surface area contributed by atoms with E-state index in [1.54, 1.807) is 18.1 Å². The molecule has 43 heavy (non-hydrogen) atoms. The Morgan fingerprint density at radius 1 is 1.05 bits per heavy atom. The summed E-state index contributed by atoms with van der Waals surface area (Å²) in [6, 6.07) is 21.3. The molecule has 0 spiro atoms. The molecule has 9 heteroatoms. The van der Waals surface area contributed by atoms with E-state index in [-0.39, 0.29) is 42.4 Å². The van der Waals surface area contributed by atoms with E-state index in [0.717, 1.165) is 12.2 Å². The van der Waals surface area contributed by atoms with E-state index in [0.29, 0.717) is 16.7 Å². The average molecular weight is 644 g/mol. The number of thiocarbonyl (C=S) groups is 1. The van der Waals surface area contributed by atoms with Gasteiger partial charge in [0.15, 0.2) is 0 Å². The molecule has 4 atom stereocenters. The molecule has 0 aromatic heterocycles. The summed E-state index contributed by atoms with van der Waals surface area (Å²) in [5.74, 6) is 0.951. The summed E-state index contributed by atoms with van der Waals surface area (Å²) >= 11 is 6.96. The minimum Gasteiger partial charge on any atom is -0.405 e. The molecule has 2 aromatic carbocycles. The van der Waals surface area contributed by atoms with Crippen molar-refractivity contribution in [1.29, 1.82) is 0 Å². The van der Waals surface area contributed by atoms with Gasteiger partial charge in [-0.2, -0.15) is 0 Å². The Morgan fingerprint density at radius 2 is 1.63 bits per heavy atom. The van der Waals surface area contributed by atoms with Crippen molar-refractivity contribution >= 4 is 52.9 Å². The van der Waals surface area contributed by atoms with Crippen molar-refractivity contribution in [2.45, 2.75) is 90.2 Å². The number of hydrogen-bond acceptors (Lipinski definition) is 7. The number of benzene rings is 2. The third-order valence-electron chi connectivity index (χ3n) is 7.93. The summed E-state index contributed by atoms with van der Waals surface area (Å²) in [5.41, 5.74) is 0. The highest BCUT2D eigenvalue weighted by molar-refractivity contribution is 8.23. The normalized spacial score (nSPS) is 18.4. The Bertz CT molecular complexity index is 1150. The number of nitrogens with zero attached hydrogens (tertiary/aromatic N) is 1. The van der Waals surface area contributed by atoms with Crippen LogP contribution in [0.3, 0.4) is 0 Å². The van der Waals surface area contributed by atoms with Crippen LogP contribution in [0.1, 0.15) is 60.8 Å². The SMILES string of the molecule is COCO[C@H](/C=C/[C@H](O)CC(=O)N1C(=S)SC[C@@H]1C(C)C)CC[C@@H](C)O[Si](c1ccccc1)(c1ccccc1)C(C)(C)C.